The van der Waals surface area contributed by atoms with E-state index in [9.17, 15) is 13.2 Å². The van der Waals surface area contributed by atoms with Gasteiger partial charge >= 0.3 is 5.97 Å². The zero-order chi connectivity index (χ0) is 20.4. The highest BCUT2D eigenvalue weighted by Crippen LogP contribution is 2.26. The average molecular weight is 413 g/mol. The van der Waals surface area contributed by atoms with Gasteiger partial charge in [0, 0.05) is 12.1 Å². The van der Waals surface area contributed by atoms with Gasteiger partial charge in [0.15, 0.2) is 6.10 Å². The van der Waals surface area contributed by atoms with E-state index < -0.39 is 22.1 Å². The molecule has 0 saturated carbocycles. The smallest absolute Gasteiger partial charge is 0.338 e. The molecule has 3 aromatic rings. The number of hydrogen-bond donors (Lipinski definition) is 0. The van der Waals surface area contributed by atoms with Crippen LogP contribution in [-0.2, 0) is 14.8 Å². The van der Waals surface area contributed by atoms with Crippen LogP contribution in [-0.4, -0.2) is 36.9 Å². The first kappa shape index (κ1) is 19.1. The van der Waals surface area contributed by atoms with Crippen LogP contribution in [0.15, 0.2) is 59.0 Å². The van der Waals surface area contributed by atoms with Crippen LogP contribution in [0, 0.1) is 0 Å². The van der Waals surface area contributed by atoms with Gasteiger partial charge in [0.2, 0.25) is 15.9 Å². The topological polar surface area (TPSA) is 103 Å². The highest BCUT2D eigenvalue weighted by molar-refractivity contribution is 7.93. The molecule has 1 unspecified atom stereocenters. The van der Waals surface area contributed by atoms with Crippen LogP contribution in [0.1, 0.15) is 35.7 Å². The molecular weight excluding hydrogens is 394 g/mol. The minimum absolute atomic E-state index is 0.142. The van der Waals surface area contributed by atoms with Crippen LogP contribution in [0.4, 0.5) is 5.69 Å². The van der Waals surface area contributed by atoms with Crippen molar-refractivity contribution in [3.8, 4) is 11.5 Å². The summed E-state index contributed by atoms with van der Waals surface area (Å²) in [6, 6.07) is 15.6. The summed E-state index contributed by atoms with van der Waals surface area (Å²) in [4.78, 5) is 12.4. The maximum atomic E-state index is 12.4. The molecule has 0 radical (unpaired) electrons. The van der Waals surface area contributed by atoms with Crippen LogP contribution in [0.3, 0.4) is 0 Å². The lowest BCUT2D eigenvalue weighted by atomic mass is 10.2. The van der Waals surface area contributed by atoms with Gasteiger partial charge in [-0.3, -0.25) is 4.31 Å². The van der Waals surface area contributed by atoms with Crippen LogP contribution < -0.4 is 4.31 Å². The van der Waals surface area contributed by atoms with Crippen molar-refractivity contribution in [1.82, 2.24) is 10.2 Å². The summed E-state index contributed by atoms with van der Waals surface area (Å²) in [6.07, 6.45) is -0.134. The minimum Gasteiger partial charge on any atom is -0.449 e. The Kier molecular flexibility index (Phi) is 5.06. The van der Waals surface area contributed by atoms with Crippen molar-refractivity contribution in [1.29, 1.82) is 0 Å². The summed E-state index contributed by atoms with van der Waals surface area (Å²) in [7, 11) is -3.26. The number of carbonyl (C=O) groups excluding carboxylic acids is 1. The van der Waals surface area contributed by atoms with E-state index in [2.05, 4.69) is 10.2 Å². The highest BCUT2D eigenvalue weighted by atomic mass is 32.2. The monoisotopic (exact) mass is 413 g/mol. The molecule has 1 aliphatic heterocycles. The maximum Gasteiger partial charge on any atom is 0.338 e. The molecule has 1 aromatic heterocycles. The number of esters is 1. The summed E-state index contributed by atoms with van der Waals surface area (Å²) < 4.78 is 36.4. The molecular formula is C20H19N3O5S. The maximum absolute atomic E-state index is 12.4. The molecule has 1 atom stereocenters. The Bertz CT molecular complexity index is 1110. The zero-order valence-corrected chi connectivity index (χ0v) is 16.5. The van der Waals surface area contributed by atoms with Crippen LogP contribution in [0.5, 0.6) is 0 Å². The van der Waals surface area contributed by atoms with Gasteiger partial charge in [0.25, 0.3) is 5.89 Å². The van der Waals surface area contributed by atoms with Gasteiger partial charge in [0.1, 0.15) is 0 Å². The third-order valence-electron chi connectivity index (χ3n) is 4.58. The quantitative estimate of drug-likeness (QED) is 0.592. The van der Waals surface area contributed by atoms with Crippen molar-refractivity contribution in [3.63, 3.8) is 0 Å². The summed E-state index contributed by atoms with van der Waals surface area (Å²) in [5, 5.41) is 7.94. The van der Waals surface area contributed by atoms with Gasteiger partial charge in [-0.05, 0) is 49.7 Å². The molecule has 29 heavy (non-hydrogen) atoms. The first-order chi connectivity index (χ1) is 13.9. The number of anilines is 1. The number of sulfonamides is 1. The predicted octanol–water partition coefficient (Wildman–Crippen LogP) is 3.19. The molecule has 0 N–H and O–H groups in total. The van der Waals surface area contributed by atoms with Crippen molar-refractivity contribution >= 4 is 21.7 Å². The Labute approximate surface area is 168 Å². The second kappa shape index (κ2) is 7.67. The van der Waals surface area contributed by atoms with Crippen molar-refractivity contribution in [3.05, 3.63) is 66.1 Å². The first-order valence-electron chi connectivity index (χ1n) is 9.14. The average Bonchev–Trinajstić information content (AvgIpc) is 3.35. The van der Waals surface area contributed by atoms with Gasteiger partial charge in [-0.15, -0.1) is 10.2 Å². The number of ether oxygens (including phenoxy) is 1. The third kappa shape index (κ3) is 4.00. The van der Waals surface area contributed by atoms with Crippen molar-refractivity contribution in [2.24, 2.45) is 0 Å². The number of hydrogen-bond acceptors (Lipinski definition) is 7. The van der Waals surface area contributed by atoms with E-state index in [1.165, 1.54) is 4.31 Å². The normalized spacial score (nSPS) is 16.5. The molecule has 9 heteroatoms. The van der Waals surface area contributed by atoms with E-state index in [4.69, 9.17) is 9.15 Å². The lowest BCUT2D eigenvalue weighted by Gasteiger charge is -2.17. The Balaban J connectivity index is 1.43. The molecule has 1 aliphatic rings. The van der Waals surface area contributed by atoms with E-state index in [0.717, 1.165) is 5.56 Å². The molecule has 0 spiro atoms. The highest BCUT2D eigenvalue weighted by Gasteiger charge is 2.28. The van der Waals surface area contributed by atoms with Gasteiger partial charge in [-0.2, -0.15) is 0 Å². The Hall–Kier alpha value is -3.20. The number of carbonyl (C=O) groups is 1. The Morgan fingerprint density at radius 2 is 1.83 bits per heavy atom. The fraction of sp³-hybridized carbons (Fsp3) is 0.250. The number of benzene rings is 2. The second-order valence-electron chi connectivity index (χ2n) is 6.65. The van der Waals surface area contributed by atoms with Crippen molar-refractivity contribution < 1.29 is 22.4 Å². The second-order valence-corrected chi connectivity index (χ2v) is 8.66. The van der Waals surface area contributed by atoms with E-state index in [1.54, 1.807) is 31.2 Å². The molecule has 0 aliphatic carbocycles. The summed E-state index contributed by atoms with van der Waals surface area (Å²) in [5.74, 6) is 0.119. The summed E-state index contributed by atoms with van der Waals surface area (Å²) >= 11 is 0. The van der Waals surface area contributed by atoms with Crippen LogP contribution in [0.25, 0.3) is 11.5 Å². The van der Waals surface area contributed by atoms with Gasteiger partial charge in [-0.1, -0.05) is 18.2 Å². The molecule has 0 bridgehead atoms. The Morgan fingerprint density at radius 1 is 1.10 bits per heavy atom. The lowest BCUT2D eigenvalue weighted by molar-refractivity contribution is 0.0280. The molecule has 1 saturated heterocycles. The van der Waals surface area contributed by atoms with Gasteiger partial charge < -0.3 is 9.15 Å². The standard InChI is InChI=1S/C20H19N3O5S/c1-14(18-21-22-19(28-18)15-6-3-2-4-7-15)27-20(24)16-8-10-17(11-9-16)23-12-5-13-29(23,25)26/h2-4,6-11,14H,5,12-13H2,1H3. The number of rotatable bonds is 5. The molecule has 4 rings (SSSR count). The third-order valence-corrected chi connectivity index (χ3v) is 6.45. The SMILES string of the molecule is CC(OC(=O)c1ccc(N2CCCS2(=O)=O)cc1)c1nnc(-c2ccccc2)o1. The molecule has 0 amide bonds. The number of aromatic nitrogens is 2. The minimum atomic E-state index is -3.26. The van der Waals surface area contributed by atoms with Gasteiger partial charge in [-0.25, -0.2) is 13.2 Å². The molecule has 2 heterocycles. The first-order valence-corrected chi connectivity index (χ1v) is 10.8. The molecule has 1 fully saturated rings. The lowest BCUT2D eigenvalue weighted by Crippen LogP contribution is -2.25. The largest absolute Gasteiger partial charge is 0.449 e. The molecule has 8 nitrogen and oxygen atoms in total. The molecule has 150 valence electrons. The fourth-order valence-corrected chi connectivity index (χ4v) is 4.63. The van der Waals surface area contributed by atoms with Crippen LogP contribution >= 0.6 is 0 Å². The Morgan fingerprint density at radius 3 is 2.48 bits per heavy atom. The predicted molar refractivity (Wildman–Crippen MR) is 106 cm³/mol. The van der Waals surface area contributed by atoms with E-state index in [-0.39, 0.29) is 11.6 Å². The molecule has 2 aromatic carbocycles. The van der Waals surface area contributed by atoms with Gasteiger partial charge in [0.05, 0.1) is 17.0 Å². The summed E-state index contributed by atoms with van der Waals surface area (Å²) in [6.45, 7) is 2.09. The van der Waals surface area contributed by atoms with E-state index >= 15 is 0 Å². The van der Waals surface area contributed by atoms with Crippen LogP contribution in [0.2, 0.25) is 0 Å². The van der Waals surface area contributed by atoms with E-state index in [1.807, 2.05) is 30.3 Å². The van der Waals surface area contributed by atoms with Crippen molar-refractivity contribution in [2.75, 3.05) is 16.6 Å². The zero-order valence-electron chi connectivity index (χ0n) is 15.7. The van der Waals surface area contributed by atoms with Crippen molar-refractivity contribution in [2.45, 2.75) is 19.4 Å². The van der Waals surface area contributed by atoms with E-state index in [0.29, 0.717) is 30.1 Å². The number of nitrogens with zero attached hydrogens (tertiary/aromatic N) is 3. The fourth-order valence-electron chi connectivity index (χ4n) is 3.07. The summed E-state index contributed by atoms with van der Waals surface area (Å²) in [5.41, 5.74) is 1.62.